The van der Waals surface area contributed by atoms with Crippen LogP contribution in [0.2, 0.25) is 0 Å². The summed E-state index contributed by atoms with van der Waals surface area (Å²) in [5, 5.41) is 16.7. The van der Waals surface area contributed by atoms with Crippen LogP contribution in [0.1, 0.15) is 41.3 Å². The Morgan fingerprint density at radius 1 is 0.969 bits per heavy atom. The molecule has 0 atom stereocenters. The molecule has 2 heterocycles. The zero-order valence-corrected chi connectivity index (χ0v) is 17.6. The summed E-state index contributed by atoms with van der Waals surface area (Å²) < 4.78 is 15.5. The molecule has 0 radical (unpaired) electrons. The summed E-state index contributed by atoms with van der Waals surface area (Å²) in [5.41, 5.74) is 1.18. The SMILES string of the molecule is O=C(NCCc1nnc2n1CCCCC2)Nc1cccc(C(=O)Nc2cccc(F)c2)c1. The number of carbonyl (C=O) groups is 2. The lowest BCUT2D eigenvalue weighted by Crippen LogP contribution is -2.31. The molecule has 166 valence electrons. The van der Waals surface area contributed by atoms with Crippen molar-refractivity contribution in [3.63, 3.8) is 0 Å². The van der Waals surface area contributed by atoms with Gasteiger partial charge in [0, 0.05) is 42.9 Å². The highest BCUT2D eigenvalue weighted by atomic mass is 19.1. The van der Waals surface area contributed by atoms with E-state index in [4.69, 9.17) is 0 Å². The third-order valence-corrected chi connectivity index (χ3v) is 5.29. The lowest BCUT2D eigenvalue weighted by Gasteiger charge is -2.10. The van der Waals surface area contributed by atoms with Gasteiger partial charge in [-0.2, -0.15) is 0 Å². The van der Waals surface area contributed by atoms with Crippen molar-refractivity contribution in [3.05, 3.63) is 71.6 Å². The average molecular weight is 436 g/mol. The van der Waals surface area contributed by atoms with E-state index in [1.807, 2.05) is 0 Å². The molecule has 3 N–H and O–H groups in total. The number of fused-ring (bicyclic) bond motifs is 1. The van der Waals surface area contributed by atoms with E-state index < -0.39 is 11.7 Å². The van der Waals surface area contributed by atoms with Crippen LogP contribution in [0, 0.1) is 5.82 Å². The number of halogens is 1. The fraction of sp³-hybridized carbons (Fsp3) is 0.304. The molecule has 1 aromatic heterocycles. The number of aryl methyl sites for hydroxylation is 1. The van der Waals surface area contributed by atoms with Gasteiger partial charge in [0.15, 0.2) is 0 Å². The number of urea groups is 1. The maximum atomic E-state index is 13.3. The number of anilines is 2. The summed E-state index contributed by atoms with van der Waals surface area (Å²) in [6.45, 7) is 1.35. The van der Waals surface area contributed by atoms with Gasteiger partial charge in [0.2, 0.25) is 0 Å². The van der Waals surface area contributed by atoms with Crippen LogP contribution in [0.15, 0.2) is 48.5 Å². The third kappa shape index (κ3) is 5.48. The summed E-state index contributed by atoms with van der Waals surface area (Å²) in [6.07, 6.45) is 5.00. The first-order valence-electron chi connectivity index (χ1n) is 10.7. The number of nitrogens with zero attached hydrogens (tertiary/aromatic N) is 3. The number of nitrogens with one attached hydrogen (secondary N) is 3. The molecule has 1 aliphatic rings. The number of aromatic nitrogens is 3. The smallest absolute Gasteiger partial charge is 0.319 e. The zero-order chi connectivity index (χ0) is 22.3. The molecule has 2 aromatic carbocycles. The fourth-order valence-corrected chi connectivity index (χ4v) is 3.70. The van der Waals surface area contributed by atoms with Gasteiger partial charge in [-0.25, -0.2) is 9.18 Å². The van der Waals surface area contributed by atoms with Crippen LogP contribution in [0.3, 0.4) is 0 Å². The topological polar surface area (TPSA) is 101 Å². The summed E-state index contributed by atoms with van der Waals surface area (Å²) in [6, 6.07) is 11.8. The number of hydrogen-bond acceptors (Lipinski definition) is 4. The van der Waals surface area contributed by atoms with Gasteiger partial charge < -0.3 is 20.5 Å². The first-order chi connectivity index (χ1) is 15.6. The van der Waals surface area contributed by atoms with Crippen LogP contribution in [-0.4, -0.2) is 33.2 Å². The standard InChI is InChI=1S/C23H25FN6O2/c24-17-7-5-9-19(15-17)26-22(31)16-6-4-8-18(14-16)27-23(32)25-12-11-21-29-28-20-10-2-1-3-13-30(20)21/h4-9,14-15H,1-3,10-13H2,(H,26,31)(H2,25,27,32). The second-order valence-electron chi connectivity index (χ2n) is 7.67. The summed E-state index contributed by atoms with van der Waals surface area (Å²) >= 11 is 0. The highest BCUT2D eigenvalue weighted by Crippen LogP contribution is 2.16. The number of rotatable bonds is 6. The van der Waals surface area contributed by atoms with Crippen molar-refractivity contribution >= 4 is 23.3 Å². The maximum Gasteiger partial charge on any atom is 0.319 e. The molecular weight excluding hydrogens is 411 g/mol. The Hall–Kier alpha value is -3.75. The molecule has 0 unspecified atom stereocenters. The molecule has 9 heteroatoms. The lowest BCUT2D eigenvalue weighted by atomic mass is 10.2. The zero-order valence-electron chi connectivity index (χ0n) is 17.6. The van der Waals surface area contributed by atoms with Crippen molar-refractivity contribution < 1.29 is 14.0 Å². The Kier molecular flexibility index (Phi) is 6.74. The van der Waals surface area contributed by atoms with E-state index in [2.05, 4.69) is 30.7 Å². The highest BCUT2D eigenvalue weighted by Gasteiger charge is 2.15. The molecule has 0 aliphatic carbocycles. The van der Waals surface area contributed by atoms with E-state index in [0.717, 1.165) is 37.5 Å². The molecule has 0 spiro atoms. The molecule has 4 rings (SSSR count). The Morgan fingerprint density at radius 2 is 1.78 bits per heavy atom. The molecular formula is C23H25FN6O2. The molecule has 0 saturated carbocycles. The maximum absolute atomic E-state index is 13.3. The number of benzene rings is 2. The van der Waals surface area contributed by atoms with E-state index in [-0.39, 0.29) is 6.03 Å². The number of hydrogen-bond donors (Lipinski definition) is 3. The summed E-state index contributed by atoms with van der Waals surface area (Å²) in [5.74, 6) is 1.08. The largest absolute Gasteiger partial charge is 0.337 e. The summed E-state index contributed by atoms with van der Waals surface area (Å²) in [7, 11) is 0. The average Bonchev–Trinajstić information content (AvgIpc) is 3.00. The van der Waals surface area contributed by atoms with Gasteiger partial charge in [0.1, 0.15) is 17.5 Å². The molecule has 0 bridgehead atoms. The van der Waals surface area contributed by atoms with Gasteiger partial charge in [0.25, 0.3) is 5.91 Å². The van der Waals surface area contributed by atoms with Gasteiger partial charge in [-0.1, -0.05) is 18.6 Å². The molecule has 0 saturated heterocycles. The van der Waals surface area contributed by atoms with E-state index >= 15 is 0 Å². The van der Waals surface area contributed by atoms with Crippen molar-refractivity contribution in [2.45, 2.75) is 38.6 Å². The predicted octanol–water partition coefficient (Wildman–Crippen LogP) is 3.76. The first-order valence-corrected chi connectivity index (χ1v) is 10.7. The van der Waals surface area contributed by atoms with Crippen molar-refractivity contribution in [2.24, 2.45) is 0 Å². The van der Waals surface area contributed by atoms with E-state index in [1.165, 1.54) is 24.6 Å². The Labute approximate surface area is 185 Å². The Morgan fingerprint density at radius 3 is 2.62 bits per heavy atom. The minimum Gasteiger partial charge on any atom is -0.337 e. The number of amides is 3. The van der Waals surface area contributed by atoms with Gasteiger partial charge in [-0.3, -0.25) is 4.79 Å². The van der Waals surface area contributed by atoms with Crippen molar-refractivity contribution in [1.82, 2.24) is 20.1 Å². The molecule has 1 aliphatic heterocycles. The second kappa shape index (κ2) is 10.0. The summed E-state index contributed by atoms with van der Waals surface area (Å²) in [4.78, 5) is 24.7. The normalized spacial score (nSPS) is 13.0. The molecule has 8 nitrogen and oxygen atoms in total. The van der Waals surface area contributed by atoms with Crippen LogP contribution in [0.25, 0.3) is 0 Å². The van der Waals surface area contributed by atoms with Gasteiger partial charge in [-0.15, -0.1) is 10.2 Å². The van der Waals surface area contributed by atoms with Crippen LogP contribution in [0.4, 0.5) is 20.6 Å². The van der Waals surface area contributed by atoms with Crippen LogP contribution in [-0.2, 0) is 19.4 Å². The van der Waals surface area contributed by atoms with Crippen molar-refractivity contribution in [3.8, 4) is 0 Å². The van der Waals surface area contributed by atoms with Crippen LogP contribution in [0.5, 0.6) is 0 Å². The number of carbonyl (C=O) groups excluding carboxylic acids is 2. The molecule has 0 fully saturated rings. The molecule has 32 heavy (non-hydrogen) atoms. The second-order valence-corrected chi connectivity index (χ2v) is 7.67. The van der Waals surface area contributed by atoms with Crippen LogP contribution >= 0.6 is 0 Å². The van der Waals surface area contributed by atoms with Gasteiger partial charge in [-0.05, 0) is 49.2 Å². The monoisotopic (exact) mass is 436 g/mol. The Bertz CT molecular complexity index is 1110. The minimum atomic E-state index is -0.433. The Balaban J connectivity index is 1.29. The quantitative estimate of drug-likeness (QED) is 0.548. The lowest BCUT2D eigenvalue weighted by molar-refractivity contribution is 0.102. The van der Waals surface area contributed by atoms with E-state index in [1.54, 1.807) is 30.3 Å². The van der Waals surface area contributed by atoms with E-state index in [9.17, 15) is 14.0 Å². The van der Waals surface area contributed by atoms with Crippen LogP contribution < -0.4 is 16.0 Å². The first kappa shape index (κ1) is 21.5. The molecule has 3 aromatic rings. The third-order valence-electron chi connectivity index (χ3n) is 5.29. The fourth-order valence-electron chi connectivity index (χ4n) is 3.70. The highest BCUT2D eigenvalue weighted by molar-refractivity contribution is 6.05. The minimum absolute atomic E-state index is 0.346. The predicted molar refractivity (Wildman–Crippen MR) is 119 cm³/mol. The van der Waals surface area contributed by atoms with E-state index in [0.29, 0.717) is 29.9 Å². The van der Waals surface area contributed by atoms with Crippen molar-refractivity contribution in [1.29, 1.82) is 0 Å². The van der Waals surface area contributed by atoms with Gasteiger partial charge >= 0.3 is 6.03 Å². The van der Waals surface area contributed by atoms with Crippen molar-refractivity contribution in [2.75, 3.05) is 17.2 Å². The molecule has 3 amide bonds. The van der Waals surface area contributed by atoms with Gasteiger partial charge in [0.05, 0.1) is 0 Å².